The number of rotatable bonds is 6. The SMILES string of the molecule is CCOP(=O)(OCC)C1(c2ccc(C)cc2)CC(=O)C=CO1. The minimum atomic E-state index is -3.69. The zero-order valence-corrected chi connectivity index (χ0v) is 14.0. The van der Waals surface area contributed by atoms with Gasteiger partial charge < -0.3 is 13.8 Å². The fraction of sp³-hybridized carbons (Fsp3) is 0.438. The number of hydrogen-bond donors (Lipinski definition) is 0. The zero-order chi connectivity index (χ0) is 16.2. The highest BCUT2D eigenvalue weighted by atomic mass is 31.2. The summed E-state index contributed by atoms with van der Waals surface area (Å²) >= 11 is 0. The van der Waals surface area contributed by atoms with Crippen LogP contribution in [0.1, 0.15) is 31.4 Å². The van der Waals surface area contributed by atoms with Crippen LogP contribution in [-0.2, 0) is 28.5 Å². The Balaban J connectivity index is 2.59. The Kier molecular flexibility index (Phi) is 5.22. The van der Waals surface area contributed by atoms with Crippen molar-refractivity contribution in [1.29, 1.82) is 0 Å². The van der Waals surface area contributed by atoms with E-state index in [1.54, 1.807) is 26.0 Å². The van der Waals surface area contributed by atoms with Crippen LogP contribution in [0.2, 0.25) is 0 Å². The van der Waals surface area contributed by atoms with Crippen molar-refractivity contribution in [3.63, 3.8) is 0 Å². The van der Waals surface area contributed by atoms with Crippen LogP contribution in [0.4, 0.5) is 0 Å². The average molecular weight is 324 g/mol. The molecule has 0 radical (unpaired) electrons. The Hall–Kier alpha value is -1.42. The largest absolute Gasteiger partial charge is 0.477 e. The molecule has 1 aliphatic heterocycles. The molecule has 0 aromatic heterocycles. The Morgan fingerprint density at radius 1 is 1.18 bits per heavy atom. The first-order valence-corrected chi connectivity index (χ1v) is 8.85. The van der Waals surface area contributed by atoms with Gasteiger partial charge in [-0.05, 0) is 20.8 Å². The predicted octanol–water partition coefficient (Wildman–Crippen LogP) is 3.92. The van der Waals surface area contributed by atoms with E-state index in [1.807, 2.05) is 19.1 Å². The van der Waals surface area contributed by atoms with Gasteiger partial charge in [0.15, 0.2) is 5.78 Å². The maximum Gasteiger partial charge on any atom is 0.378 e. The lowest BCUT2D eigenvalue weighted by atomic mass is 10.0. The Morgan fingerprint density at radius 3 is 2.27 bits per heavy atom. The molecule has 0 saturated carbocycles. The Morgan fingerprint density at radius 2 is 1.77 bits per heavy atom. The first-order chi connectivity index (χ1) is 10.5. The summed E-state index contributed by atoms with van der Waals surface area (Å²) in [6, 6.07) is 7.36. The molecule has 1 heterocycles. The molecule has 1 atom stereocenters. The lowest BCUT2D eigenvalue weighted by Crippen LogP contribution is -2.35. The van der Waals surface area contributed by atoms with E-state index in [4.69, 9.17) is 13.8 Å². The van der Waals surface area contributed by atoms with Crippen molar-refractivity contribution in [2.75, 3.05) is 13.2 Å². The quantitative estimate of drug-likeness (QED) is 0.742. The second-order valence-corrected chi connectivity index (χ2v) is 7.28. The number of allylic oxidation sites excluding steroid dienone is 1. The maximum atomic E-state index is 13.4. The Bertz CT molecular complexity index is 597. The average Bonchev–Trinajstić information content (AvgIpc) is 2.48. The normalized spacial score (nSPS) is 21.7. The van der Waals surface area contributed by atoms with Gasteiger partial charge in [0.1, 0.15) is 0 Å². The van der Waals surface area contributed by atoms with Gasteiger partial charge >= 0.3 is 7.60 Å². The summed E-state index contributed by atoms with van der Waals surface area (Å²) in [5, 5.41) is -1.43. The van der Waals surface area contributed by atoms with Gasteiger partial charge in [-0.3, -0.25) is 9.36 Å². The summed E-state index contributed by atoms with van der Waals surface area (Å²) in [5.41, 5.74) is 1.67. The molecule has 1 aromatic rings. The minimum Gasteiger partial charge on any atom is -0.477 e. The number of hydrogen-bond acceptors (Lipinski definition) is 5. The van der Waals surface area contributed by atoms with Crippen LogP contribution in [0.25, 0.3) is 0 Å². The molecule has 22 heavy (non-hydrogen) atoms. The molecule has 2 rings (SSSR count). The van der Waals surface area contributed by atoms with E-state index in [0.717, 1.165) is 5.56 Å². The van der Waals surface area contributed by atoms with Crippen molar-refractivity contribution in [3.05, 3.63) is 47.7 Å². The van der Waals surface area contributed by atoms with Crippen molar-refractivity contribution >= 4 is 13.4 Å². The third-order valence-corrected chi connectivity index (χ3v) is 6.08. The van der Waals surface area contributed by atoms with Gasteiger partial charge in [-0.1, -0.05) is 29.8 Å². The van der Waals surface area contributed by atoms with Gasteiger partial charge in [-0.25, -0.2) is 0 Å². The molecule has 0 bridgehead atoms. The van der Waals surface area contributed by atoms with E-state index in [1.165, 1.54) is 12.3 Å². The summed E-state index contributed by atoms with van der Waals surface area (Å²) < 4.78 is 30.0. The van der Waals surface area contributed by atoms with E-state index in [2.05, 4.69) is 0 Å². The second kappa shape index (κ2) is 6.78. The molecular formula is C16H21O5P. The molecular weight excluding hydrogens is 303 g/mol. The van der Waals surface area contributed by atoms with Crippen molar-refractivity contribution in [2.24, 2.45) is 0 Å². The summed E-state index contributed by atoms with van der Waals surface area (Å²) in [7, 11) is -3.69. The second-order valence-electron chi connectivity index (χ2n) is 5.05. The summed E-state index contributed by atoms with van der Waals surface area (Å²) in [4.78, 5) is 12.0. The summed E-state index contributed by atoms with van der Waals surface area (Å²) in [6.07, 6.45) is 2.52. The van der Waals surface area contributed by atoms with Gasteiger partial charge in [0.05, 0.1) is 25.9 Å². The van der Waals surface area contributed by atoms with Crippen LogP contribution >= 0.6 is 7.60 Å². The molecule has 0 fully saturated rings. The smallest absolute Gasteiger partial charge is 0.378 e. The van der Waals surface area contributed by atoms with Crippen molar-refractivity contribution in [3.8, 4) is 0 Å². The van der Waals surface area contributed by atoms with Gasteiger partial charge in [-0.2, -0.15) is 0 Å². The topological polar surface area (TPSA) is 61.8 Å². The van der Waals surface area contributed by atoms with E-state index in [0.29, 0.717) is 5.56 Å². The molecule has 1 unspecified atom stereocenters. The summed E-state index contributed by atoms with van der Waals surface area (Å²) in [6.45, 7) is 5.82. The first-order valence-electron chi connectivity index (χ1n) is 7.31. The number of ether oxygens (including phenoxy) is 1. The third-order valence-electron chi connectivity index (χ3n) is 3.47. The van der Waals surface area contributed by atoms with E-state index < -0.39 is 12.9 Å². The van der Waals surface area contributed by atoms with Gasteiger partial charge in [0.25, 0.3) is 0 Å². The zero-order valence-electron chi connectivity index (χ0n) is 13.1. The predicted molar refractivity (Wildman–Crippen MR) is 83.6 cm³/mol. The molecule has 0 saturated heterocycles. The maximum absolute atomic E-state index is 13.4. The first kappa shape index (κ1) is 16.9. The minimum absolute atomic E-state index is 0.0795. The van der Waals surface area contributed by atoms with Crippen LogP contribution in [-0.4, -0.2) is 19.0 Å². The molecule has 0 amide bonds. The van der Waals surface area contributed by atoms with Crippen molar-refractivity contribution in [1.82, 2.24) is 0 Å². The number of carbonyl (C=O) groups excluding carboxylic acids is 1. The highest BCUT2D eigenvalue weighted by Gasteiger charge is 2.56. The van der Waals surface area contributed by atoms with Crippen molar-refractivity contribution in [2.45, 2.75) is 32.5 Å². The number of aryl methyl sites for hydroxylation is 1. The van der Waals surface area contributed by atoms with Crippen LogP contribution in [0.15, 0.2) is 36.6 Å². The van der Waals surface area contributed by atoms with E-state index >= 15 is 0 Å². The molecule has 5 nitrogen and oxygen atoms in total. The van der Waals surface area contributed by atoms with Crippen LogP contribution in [0.5, 0.6) is 0 Å². The van der Waals surface area contributed by atoms with Gasteiger partial charge in [0, 0.05) is 11.6 Å². The van der Waals surface area contributed by atoms with Gasteiger partial charge in [-0.15, -0.1) is 0 Å². The number of carbonyl (C=O) groups is 1. The Labute approximate surface area is 130 Å². The fourth-order valence-electron chi connectivity index (χ4n) is 2.45. The van der Waals surface area contributed by atoms with Crippen LogP contribution in [0.3, 0.4) is 0 Å². The molecule has 120 valence electrons. The fourth-order valence-corrected chi connectivity index (χ4v) is 4.62. The highest BCUT2D eigenvalue weighted by Crippen LogP contribution is 2.67. The monoisotopic (exact) mass is 324 g/mol. The van der Waals surface area contributed by atoms with Crippen LogP contribution in [0, 0.1) is 6.92 Å². The summed E-state index contributed by atoms with van der Waals surface area (Å²) in [5.74, 6) is -0.175. The lowest BCUT2D eigenvalue weighted by molar-refractivity contribution is -0.120. The molecule has 6 heteroatoms. The number of benzene rings is 1. The molecule has 1 aromatic carbocycles. The number of ketones is 1. The standard InChI is InChI=1S/C16H21O5P/c1-4-20-22(18,21-5-2)16(12-15(17)10-11-19-16)14-8-6-13(3)7-9-14/h6-11H,4-5,12H2,1-3H3. The molecule has 0 spiro atoms. The highest BCUT2D eigenvalue weighted by molar-refractivity contribution is 7.55. The van der Waals surface area contributed by atoms with Crippen molar-refractivity contribution < 1.29 is 23.1 Å². The lowest BCUT2D eigenvalue weighted by Gasteiger charge is -2.39. The van der Waals surface area contributed by atoms with Gasteiger partial charge in [0.2, 0.25) is 5.34 Å². The molecule has 0 aliphatic carbocycles. The van der Waals surface area contributed by atoms with E-state index in [-0.39, 0.29) is 25.4 Å². The van der Waals surface area contributed by atoms with E-state index in [9.17, 15) is 9.36 Å². The molecule has 1 aliphatic rings. The third kappa shape index (κ3) is 3.02. The van der Waals surface area contributed by atoms with Crippen LogP contribution < -0.4 is 0 Å². The molecule has 0 N–H and O–H groups in total.